The smallest absolute Gasteiger partial charge is 0.310 e. The van der Waals surface area contributed by atoms with Crippen LogP contribution in [-0.4, -0.2) is 23.0 Å². The van der Waals surface area contributed by atoms with Gasteiger partial charge in [0, 0.05) is 32.3 Å². The van der Waals surface area contributed by atoms with E-state index in [1.807, 2.05) is 6.07 Å². The van der Waals surface area contributed by atoms with Crippen LogP contribution in [0.1, 0.15) is 33.3 Å². The average Bonchev–Trinajstić information content (AvgIpc) is 2.87. The maximum atomic E-state index is 13.8. The number of amides is 1. The largest absolute Gasteiger partial charge is 0.392 e. The number of halogens is 1. The van der Waals surface area contributed by atoms with Crippen LogP contribution in [-0.2, 0) is 19.0 Å². The van der Waals surface area contributed by atoms with E-state index in [4.69, 9.17) is 21.4 Å². The molecule has 184 valence electrons. The minimum absolute atomic E-state index is 0.218. The highest BCUT2D eigenvalue weighted by Crippen LogP contribution is 2.35. The molecule has 9 heteroatoms. The molecular formula is C27H25ClN3O5+. The van der Waals surface area contributed by atoms with Gasteiger partial charge in [-0.25, -0.2) is 14.2 Å². The first kappa shape index (κ1) is 24.9. The van der Waals surface area contributed by atoms with Crippen molar-refractivity contribution in [2.45, 2.75) is 13.8 Å². The van der Waals surface area contributed by atoms with E-state index in [-0.39, 0.29) is 33.8 Å². The number of hydrogen-bond acceptors (Lipinski definition) is 5. The van der Waals surface area contributed by atoms with Crippen LogP contribution in [0.4, 0.5) is 5.69 Å². The van der Waals surface area contributed by atoms with Crippen LogP contribution in [0.25, 0.3) is 10.9 Å². The Hall–Kier alpha value is -4.17. The number of aryl methyl sites for hydroxylation is 2. The van der Waals surface area contributed by atoms with Gasteiger partial charge in [0.1, 0.15) is 12.6 Å². The van der Waals surface area contributed by atoms with E-state index >= 15 is 0 Å². The van der Waals surface area contributed by atoms with Gasteiger partial charge in [-0.1, -0.05) is 35.9 Å². The van der Waals surface area contributed by atoms with Crippen LogP contribution in [0.5, 0.6) is 5.75 Å². The second kappa shape index (κ2) is 10.2. The number of carbonyl (C=O) groups is 2. The molecule has 0 aliphatic rings. The van der Waals surface area contributed by atoms with Crippen molar-refractivity contribution in [1.82, 2.24) is 4.57 Å². The fourth-order valence-electron chi connectivity index (χ4n) is 4.01. The zero-order chi connectivity index (χ0) is 26.0. The molecule has 36 heavy (non-hydrogen) atoms. The van der Waals surface area contributed by atoms with Crippen molar-refractivity contribution in [3.63, 3.8) is 0 Å². The predicted molar refractivity (Wildman–Crippen MR) is 136 cm³/mol. The van der Waals surface area contributed by atoms with Gasteiger partial charge in [-0.05, 0) is 37.3 Å². The van der Waals surface area contributed by atoms with Gasteiger partial charge in [0.25, 0.3) is 11.5 Å². The van der Waals surface area contributed by atoms with Crippen molar-refractivity contribution in [2.24, 2.45) is 14.1 Å². The zero-order valence-electron chi connectivity index (χ0n) is 20.3. The number of nitrogens with zero attached hydrogens (tertiary/aromatic N) is 3. The second-order valence-corrected chi connectivity index (χ2v) is 8.57. The normalized spacial score (nSPS) is 10.8. The molecule has 2 aromatic heterocycles. The van der Waals surface area contributed by atoms with Crippen LogP contribution in [0.3, 0.4) is 0 Å². The van der Waals surface area contributed by atoms with Gasteiger partial charge in [0.05, 0.1) is 15.9 Å². The molecule has 0 aliphatic carbocycles. The molecule has 0 fully saturated rings. The lowest BCUT2D eigenvalue weighted by Crippen LogP contribution is -2.37. The molecule has 0 N–H and O–H groups in total. The van der Waals surface area contributed by atoms with Crippen molar-refractivity contribution < 1.29 is 23.9 Å². The quantitative estimate of drug-likeness (QED) is 0.223. The Morgan fingerprint density at radius 3 is 2.47 bits per heavy atom. The molecule has 4 aromatic rings. The minimum Gasteiger partial charge on any atom is -0.310 e. The number of aromatic nitrogens is 2. The van der Waals surface area contributed by atoms with Crippen molar-refractivity contribution in [1.29, 1.82) is 0 Å². The number of anilines is 1. The summed E-state index contributed by atoms with van der Waals surface area (Å²) in [5.74, 6) is -1.61. The standard InChI is InChI=1S/C27H25ClN3O5/c1-5-31(18-11-7-6-8-12-18)26(33)23-24(22-20(28)14-9-15-21(22)30(4)25(23)32)35-36-27(34)19-13-10-16-29(3)17(19)2/h6-16H,5H2,1-4H3/q+1. The molecule has 2 heterocycles. The number of para-hydroxylation sites is 1. The van der Waals surface area contributed by atoms with Gasteiger partial charge in [-0.3, -0.25) is 14.5 Å². The molecule has 0 aliphatic heterocycles. The zero-order valence-corrected chi connectivity index (χ0v) is 21.1. The number of fused-ring (bicyclic) bond motifs is 1. The molecule has 1 amide bonds. The number of benzene rings is 2. The van der Waals surface area contributed by atoms with Gasteiger partial charge in [-0.15, -0.1) is 0 Å². The average molecular weight is 507 g/mol. The highest BCUT2D eigenvalue weighted by atomic mass is 35.5. The topological polar surface area (TPSA) is 81.7 Å². The lowest BCUT2D eigenvalue weighted by atomic mass is 10.1. The maximum absolute atomic E-state index is 13.8. The Morgan fingerprint density at radius 2 is 1.78 bits per heavy atom. The van der Waals surface area contributed by atoms with E-state index < -0.39 is 17.4 Å². The van der Waals surface area contributed by atoms with Crippen molar-refractivity contribution in [3.05, 3.63) is 99.1 Å². The molecular weight excluding hydrogens is 482 g/mol. The monoisotopic (exact) mass is 506 g/mol. The lowest BCUT2D eigenvalue weighted by Gasteiger charge is -2.23. The first-order valence-corrected chi connectivity index (χ1v) is 11.7. The number of carbonyl (C=O) groups excluding carboxylic acids is 2. The third-order valence-electron chi connectivity index (χ3n) is 6.08. The Bertz CT molecular complexity index is 1530. The van der Waals surface area contributed by atoms with Crippen LogP contribution in [0, 0.1) is 6.92 Å². The summed E-state index contributed by atoms with van der Waals surface area (Å²) in [6, 6.07) is 17.2. The van der Waals surface area contributed by atoms with Crippen LogP contribution < -0.4 is 19.9 Å². The van der Waals surface area contributed by atoms with E-state index in [1.54, 1.807) is 93.3 Å². The minimum atomic E-state index is -0.779. The highest BCUT2D eigenvalue weighted by Gasteiger charge is 2.30. The van der Waals surface area contributed by atoms with E-state index in [0.29, 0.717) is 16.9 Å². The molecule has 0 radical (unpaired) electrons. The Kier molecular flexibility index (Phi) is 7.07. The summed E-state index contributed by atoms with van der Waals surface area (Å²) in [4.78, 5) is 52.3. The fraction of sp³-hybridized carbons (Fsp3) is 0.185. The number of pyridine rings is 2. The van der Waals surface area contributed by atoms with Crippen LogP contribution in [0.2, 0.25) is 5.02 Å². The first-order chi connectivity index (χ1) is 17.3. The molecule has 4 rings (SSSR count). The van der Waals surface area contributed by atoms with Gasteiger partial charge >= 0.3 is 5.97 Å². The highest BCUT2D eigenvalue weighted by molar-refractivity contribution is 6.36. The third-order valence-corrected chi connectivity index (χ3v) is 6.40. The van der Waals surface area contributed by atoms with Gasteiger partial charge in [0.15, 0.2) is 17.5 Å². The van der Waals surface area contributed by atoms with Crippen molar-refractivity contribution >= 4 is 40.1 Å². The summed E-state index contributed by atoms with van der Waals surface area (Å²) in [7, 11) is 3.33. The summed E-state index contributed by atoms with van der Waals surface area (Å²) >= 11 is 6.51. The van der Waals surface area contributed by atoms with E-state index in [0.717, 1.165) is 0 Å². The van der Waals surface area contributed by atoms with Gasteiger partial charge < -0.3 is 9.47 Å². The SMILES string of the molecule is CCN(C(=O)c1c(OOC(=O)c2ccc[n+](C)c2C)c2c(Cl)cccc2n(C)c1=O)c1ccccc1. The summed E-state index contributed by atoms with van der Waals surface area (Å²) < 4.78 is 3.08. The van der Waals surface area contributed by atoms with Gasteiger partial charge in [0.2, 0.25) is 5.75 Å². The molecule has 0 bridgehead atoms. The lowest BCUT2D eigenvalue weighted by molar-refractivity contribution is -0.677. The molecule has 8 nitrogen and oxygen atoms in total. The first-order valence-electron chi connectivity index (χ1n) is 11.3. The number of rotatable bonds is 6. The molecule has 0 unspecified atom stereocenters. The summed E-state index contributed by atoms with van der Waals surface area (Å²) in [6.07, 6.45) is 1.79. The summed E-state index contributed by atoms with van der Waals surface area (Å²) in [5, 5.41) is 0.505. The van der Waals surface area contributed by atoms with Crippen molar-refractivity contribution in [2.75, 3.05) is 11.4 Å². The molecule has 0 spiro atoms. The maximum Gasteiger partial charge on any atom is 0.392 e. The Labute approximate surface area is 212 Å². The molecule has 0 saturated carbocycles. The summed E-state index contributed by atoms with van der Waals surface area (Å²) in [5.41, 5.74) is 1.02. The van der Waals surface area contributed by atoms with Gasteiger partial charge in [-0.2, -0.15) is 0 Å². The molecule has 0 atom stereocenters. The Morgan fingerprint density at radius 1 is 1.06 bits per heavy atom. The third kappa shape index (κ3) is 4.43. The van der Waals surface area contributed by atoms with Crippen LogP contribution in [0.15, 0.2) is 71.7 Å². The van der Waals surface area contributed by atoms with Crippen LogP contribution >= 0.6 is 11.6 Å². The Balaban J connectivity index is 1.87. The van der Waals surface area contributed by atoms with E-state index in [9.17, 15) is 14.4 Å². The fourth-order valence-corrected chi connectivity index (χ4v) is 4.26. The molecule has 0 saturated heterocycles. The second-order valence-electron chi connectivity index (χ2n) is 8.16. The van der Waals surface area contributed by atoms with E-state index in [1.165, 1.54) is 9.47 Å². The number of hydrogen-bond donors (Lipinski definition) is 0. The molecule has 2 aromatic carbocycles. The predicted octanol–water partition coefficient (Wildman–Crippen LogP) is 4.14. The van der Waals surface area contributed by atoms with Crippen molar-refractivity contribution in [3.8, 4) is 5.75 Å². The van der Waals surface area contributed by atoms with E-state index in [2.05, 4.69) is 0 Å². The summed E-state index contributed by atoms with van der Waals surface area (Å²) in [6.45, 7) is 3.84.